The van der Waals surface area contributed by atoms with E-state index in [1.165, 1.54) is 6.07 Å². The Morgan fingerprint density at radius 3 is 2.62 bits per heavy atom. The van der Waals surface area contributed by atoms with Crippen molar-refractivity contribution in [1.82, 2.24) is 10.0 Å². The topological polar surface area (TPSA) is 58.2 Å². The van der Waals surface area contributed by atoms with E-state index in [0.29, 0.717) is 4.34 Å². The third-order valence-corrected chi connectivity index (χ3v) is 5.72. The van der Waals surface area contributed by atoms with Gasteiger partial charge in [0.15, 0.2) is 0 Å². The Labute approximate surface area is 104 Å². The van der Waals surface area contributed by atoms with E-state index in [1.54, 1.807) is 6.07 Å². The van der Waals surface area contributed by atoms with Crippen molar-refractivity contribution >= 4 is 33.0 Å². The minimum absolute atomic E-state index is 0.0344. The number of rotatable bonds is 3. The van der Waals surface area contributed by atoms with Crippen LogP contribution in [0.4, 0.5) is 0 Å². The lowest BCUT2D eigenvalue weighted by atomic mass is 10.1. The van der Waals surface area contributed by atoms with E-state index in [1.807, 2.05) is 0 Å². The second kappa shape index (κ2) is 5.01. The summed E-state index contributed by atoms with van der Waals surface area (Å²) in [5, 5.41) is 3.19. The molecule has 90 valence electrons. The Kier molecular flexibility index (Phi) is 3.86. The largest absolute Gasteiger partial charge is 0.317 e. The predicted octanol–water partition coefficient (Wildman–Crippen LogP) is 1.43. The van der Waals surface area contributed by atoms with Crippen molar-refractivity contribution in [2.45, 2.75) is 23.1 Å². The smallest absolute Gasteiger partial charge is 0.250 e. The standard InChI is InChI=1S/C9H13ClN2O2S2/c10-8-1-2-9(15-8)16(13,14)12-7-3-5-11-6-4-7/h1-2,7,11-12H,3-6H2. The normalized spacial score (nSPS) is 18.8. The van der Waals surface area contributed by atoms with E-state index in [0.717, 1.165) is 37.3 Å². The minimum atomic E-state index is -3.38. The Hall–Kier alpha value is -0.140. The van der Waals surface area contributed by atoms with E-state index in [4.69, 9.17) is 11.6 Å². The molecule has 0 atom stereocenters. The zero-order valence-corrected chi connectivity index (χ0v) is 11.0. The molecule has 0 radical (unpaired) electrons. The molecule has 16 heavy (non-hydrogen) atoms. The summed E-state index contributed by atoms with van der Waals surface area (Å²) in [7, 11) is -3.38. The summed E-state index contributed by atoms with van der Waals surface area (Å²) in [6, 6.07) is 3.17. The number of piperidine rings is 1. The van der Waals surface area contributed by atoms with Crippen LogP contribution < -0.4 is 10.0 Å². The maximum atomic E-state index is 11.9. The van der Waals surface area contributed by atoms with Gasteiger partial charge in [-0.3, -0.25) is 0 Å². The quantitative estimate of drug-likeness (QED) is 0.881. The van der Waals surface area contributed by atoms with E-state index < -0.39 is 10.0 Å². The molecule has 0 aromatic carbocycles. The summed E-state index contributed by atoms with van der Waals surface area (Å²) in [4.78, 5) is 0. The van der Waals surface area contributed by atoms with Crippen molar-refractivity contribution in [3.63, 3.8) is 0 Å². The Morgan fingerprint density at radius 2 is 2.06 bits per heavy atom. The van der Waals surface area contributed by atoms with Crippen LogP contribution in [-0.4, -0.2) is 27.5 Å². The highest BCUT2D eigenvalue weighted by Gasteiger charge is 2.22. The van der Waals surface area contributed by atoms with Gasteiger partial charge >= 0.3 is 0 Å². The first kappa shape index (κ1) is 12.3. The second-order valence-corrected chi connectivity index (χ2v) is 7.36. The minimum Gasteiger partial charge on any atom is -0.317 e. The molecule has 0 spiro atoms. The average molecular weight is 281 g/mol. The first-order chi connectivity index (χ1) is 7.58. The molecule has 2 N–H and O–H groups in total. The van der Waals surface area contributed by atoms with Crippen LogP contribution in [0.2, 0.25) is 4.34 Å². The molecule has 1 aliphatic heterocycles. The van der Waals surface area contributed by atoms with Gasteiger partial charge in [-0.2, -0.15) is 0 Å². The van der Waals surface area contributed by atoms with Crippen molar-refractivity contribution in [1.29, 1.82) is 0 Å². The third kappa shape index (κ3) is 2.95. The Balaban J connectivity index is 2.07. The molecule has 1 aliphatic rings. The number of sulfonamides is 1. The van der Waals surface area contributed by atoms with E-state index >= 15 is 0 Å². The molecule has 0 saturated carbocycles. The molecule has 0 bridgehead atoms. The molecule has 1 fully saturated rings. The zero-order chi connectivity index (χ0) is 11.6. The lowest BCUT2D eigenvalue weighted by Gasteiger charge is -2.23. The summed E-state index contributed by atoms with van der Waals surface area (Å²) in [6.07, 6.45) is 1.66. The molecular formula is C9H13ClN2O2S2. The van der Waals surface area contributed by atoms with E-state index in [2.05, 4.69) is 10.0 Å². The van der Waals surface area contributed by atoms with Gasteiger partial charge in [0.2, 0.25) is 10.0 Å². The summed E-state index contributed by atoms with van der Waals surface area (Å²) in [5.74, 6) is 0. The third-order valence-electron chi connectivity index (χ3n) is 2.47. The van der Waals surface area contributed by atoms with Crippen LogP contribution in [0.3, 0.4) is 0 Å². The fourth-order valence-electron chi connectivity index (χ4n) is 1.66. The van der Waals surface area contributed by atoms with Crippen LogP contribution in [0.5, 0.6) is 0 Å². The van der Waals surface area contributed by atoms with Crippen LogP contribution in [0.15, 0.2) is 16.3 Å². The molecule has 1 aromatic rings. The molecule has 0 amide bonds. The highest BCUT2D eigenvalue weighted by Crippen LogP contribution is 2.25. The first-order valence-corrected chi connectivity index (χ1v) is 7.74. The Bertz CT molecular complexity index is 452. The summed E-state index contributed by atoms with van der Waals surface area (Å²) in [5.41, 5.74) is 0. The van der Waals surface area contributed by atoms with E-state index in [9.17, 15) is 8.42 Å². The van der Waals surface area contributed by atoms with Crippen LogP contribution in [0.1, 0.15) is 12.8 Å². The van der Waals surface area contributed by atoms with Gasteiger partial charge in [-0.1, -0.05) is 11.6 Å². The maximum absolute atomic E-state index is 11.9. The van der Waals surface area contributed by atoms with Crippen LogP contribution in [0.25, 0.3) is 0 Å². The average Bonchev–Trinajstić information content (AvgIpc) is 2.66. The predicted molar refractivity (Wildman–Crippen MR) is 65.5 cm³/mol. The van der Waals surface area contributed by atoms with Gasteiger partial charge in [-0.05, 0) is 38.1 Å². The van der Waals surface area contributed by atoms with Crippen molar-refractivity contribution in [3.8, 4) is 0 Å². The van der Waals surface area contributed by atoms with Crippen molar-refractivity contribution in [2.75, 3.05) is 13.1 Å². The molecule has 1 aromatic heterocycles. The fourth-order valence-corrected chi connectivity index (χ4v) is 4.46. The zero-order valence-electron chi connectivity index (χ0n) is 8.57. The SMILES string of the molecule is O=S(=O)(NC1CCNCC1)c1ccc(Cl)s1. The molecule has 7 heteroatoms. The highest BCUT2D eigenvalue weighted by molar-refractivity contribution is 7.91. The Morgan fingerprint density at radius 1 is 1.38 bits per heavy atom. The van der Waals surface area contributed by atoms with Gasteiger partial charge in [0.05, 0.1) is 4.34 Å². The van der Waals surface area contributed by atoms with Gasteiger partial charge in [0, 0.05) is 6.04 Å². The lowest BCUT2D eigenvalue weighted by Crippen LogP contribution is -2.42. The number of halogens is 1. The highest BCUT2D eigenvalue weighted by atomic mass is 35.5. The van der Waals surface area contributed by atoms with Crippen LogP contribution in [-0.2, 0) is 10.0 Å². The van der Waals surface area contributed by atoms with E-state index in [-0.39, 0.29) is 10.3 Å². The summed E-state index contributed by atoms with van der Waals surface area (Å²) < 4.78 is 27.4. The van der Waals surface area contributed by atoms with Crippen molar-refractivity contribution in [2.24, 2.45) is 0 Å². The fraction of sp³-hybridized carbons (Fsp3) is 0.556. The van der Waals surface area contributed by atoms with Gasteiger partial charge in [0.25, 0.3) is 0 Å². The number of hydrogen-bond acceptors (Lipinski definition) is 4. The number of hydrogen-bond donors (Lipinski definition) is 2. The molecular weight excluding hydrogens is 268 g/mol. The first-order valence-electron chi connectivity index (χ1n) is 5.06. The molecule has 4 nitrogen and oxygen atoms in total. The van der Waals surface area contributed by atoms with Crippen molar-refractivity contribution in [3.05, 3.63) is 16.5 Å². The van der Waals surface area contributed by atoms with Gasteiger partial charge in [0.1, 0.15) is 4.21 Å². The molecule has 0 unspecified atom stereocenters. The second-order valence-electron chi connectivity index (χ2n) is 3.70. The van der Waals surface area contributed by atoms with Crippen LogP contribution in [0, 0.1) is 0 Å². The molecule has 2 rings (SSSR count). The molecule has 1 saturated heterocycles. The molecule has 0 aliphatic carbocycles. The number of thiophene rings is 1. The number of nitrogens with one attached hydrogen (secondary N) is 2. The van der Waals surface area contributed by atoms with Gasteiger partial charge in [-0.25, -0.2) is 13.1 Å². The van der Waals surface area contributed by atoms with Crippen LogP contribution >= 0.6 is 22.9 Å². The summed E-state index contributed by atoms with van der Waals surface area (Å²) in [6.45, 7) is 1.72. The van der Waals surface area contributed by atoms with Gasteiger partial charge < -0.3 is 5.32 Å². The monoisotopic (exact) mass is 280 g/mol. The summed E-state index contributed by atoms with van der Waals surface area (Å²) >= 11 is 6.81. The van der Waals surface area contributed by atoms with Crippen molar-refractivity contribution < 1.29 is 8.42 Å². The molecule has 2 heterocycles. The van der Waals surface area contributed by atoms with Gasteiger partial charge in [-0.15, -0.1) is 11.3 Å². The lowest BCUT2D eigenvalue weighted by molar-refractivity contribution is 0.427. The maximum Gasteiger partial charge on any atom is 0.250 e.